The minimum atomic E-state index is -0.0205. The summed E-state index contributed by atoms with van der Waals surface area (Å²) in [6.07, 6.45) is 6.07. The van der Waals surface area contributed by atoms with Crippen LogP contribution in [0.3, 0.4) is 0 Å². The first-order chi connectivity index (χ1) is 12.7. The highest BCUT2D eigenvalue weighted by Gasteiger charge is 2.36. The topological polar surface area (TPSA) is 89.7 Å². The predicted molar refractivity (Wildman–Crippen MR) is 96.2 cm³/mol. The summed E-state index contributed by atoms with van der Waals surface area (Å²) >= 11 is 0. The fraction of sp³-hybridized carbons (Fsp3) is 0.667. The van der Waals surface area contributed by atoms with Crippen LogP contribution in [-0.2, 0) is 30.8 Å². The van der Waals surface area contributed by atoms with Crippen molar-refractivity contribution < 1.29 is 4.79 Å². The number of fused-ring (bicyclic) bond motifs is 1. The molecule has 0 spiro atoms. The number of aromatic nitrogens is 5. The second-order valence-electron chi connectivity index (χ2n) is 7.20. The smallest absolute Gasteiger partial charge is 0.220 e. The largest absolute Gasteiger partial charge is 0.346 e. The Labute approximate surface area is 153 Å². The molecule has 2 aromatic heterocycles. The molecule has 0 aromatic carbocycles. The van der Waals surface area contributed by atoms with Gasteiger partial charge in [-0.3, -0.25) is 9.48 Å². The number of nitrogens with one attached hydrogen (secondary N) is 2. The lowest BCUT2D eigenvalue weighted by atomic mass is 10.1. The van der Waals surface area contributed by atoms with Gasteiger partial charge in [0.15, 0.2) is 0 Å². The summed E-state index contributed by atoms with van der Waals surface area (Å²) in [5.41, 5.74) is 2.21. The minimum absolute atomic E-state index is 0.0205. The van der Waals surface area contributed by atoms with Gasteiger partial charge in [0.05, 0.1) is 17.4 Å². The molecule has 1 saturated carbocycles. The number of hydrogen-bond donors (Lipinski definition) is 2. The third-order valence-electron chi connectivity index (χ3n) is 5.18. The van der Waals surface area contributed by atoms with Gasteiger partial charge in [-0.25, -0.2) is 9.67 Å². The van der Waals surface area contributed by atoms with Crippen LogP contribution < -0.4 is 10.6 Å². The number of carbonyl (C=O) groups excluding carboxylic acids is 1. The molecule has 1 amide bonds. The molecule has 140 valence electrons. The minimum Gasteiger partial charge on any atom is -0.346 e. The van der Waals surface area contributed by atoms with Crippen molar-refractivity contribution in [3.63, 3.8) is 0 Å². The first-order valence-electron chi connectivity index (χ1n) is 9.68. The fourth-order valence-electron chi connectivity index (χ4n) is 3.61. The second kappa shape index (κ2) is 7.57. The Morgan fingerprint density at radius 2 is 2.35 bits per heavy atom. The summed E-state index contributed by atoms with van der Waals surface area (Å²) in [6.45, 7) is 5.65. The van der Waals surface area contributed by atoms with Crippen molar-refractivity contribution in [1.82, 2.24) is 35.2 Å². The Hall–Kier alpha value is -2.22. The third-order valence-corrected chi connectivity index (χ3v) is 5.18. The van der Waals surface area contributed by atoms with Crippen LogP contribution in [0.1, 0.15) is 55.9 Å². The molecule has 0 saturated heterocycles. The van der Waals surface area contributed by atoms with E-state index in [2.05, 4.69) is 36.6 Å². The lowest BCUT2D eigenvalue weighted by Gasteiger charge is -2.18. The number of hydrogen-bond acceptors (Lipinski definition) is 5. The number of carbonyl (C=O) groups is 1. The van der Waals surface area contributed by atoms with Crippen molar-refractivity contribution in [3.8, 4) is 0 Å². The van der Waals surface area contributed by atoms with Crippen molar-refractivity contribution in [1.29, 1.82) is 0 Å². The van der Waals surface area contributed by atoms with Crippen LogP contribution in [0.25, 0.3) is 0 Å². The maximum atomic E-state index is 12.5. The first kappa shape index (κ1) is 17.2. The second-order valence-corrected chi connectivity index (χ2v) is 7.20. The molecule has 1 fully saturated rings. The SMILES string of the molecule is CCn1ncnc1[C@@H](NC(=O)CCc1cc2n(n1)CCCNC2)C1CC1. The molecule has 4 rings (SSSR count). The van der Waals surface area contributed by atoms with Crippen LogP contribution in [0.15, 0.2) is 12.4 Å². The third kappa shape index (κ3) is 3.80. The Morgan fingerprint density at radius 1 is 1.46 bits per heavy atom. The molecular formula is C18H27N7O. The van der Waals surface area contributed by atoms with Gasteiger partial charge in [0.1, 0.15) is 12.2 Å². The molecule has 8 nitrogen and oxygen atoms in total. The Morgan fingerprint density at radius 3 is 3.15 bits per heavy atom. The van der Waals surface area contributed by atoms with E-state index in [1.807, 2.05) is 11.6 Å². The molecule has 2 aliphatic rings. The van der Waals surface area contributed by atoms with Gasteiger partial charge in [0, 0.05) is 32.5 Å². The van der Waals surface area contributed by atoms with E-state index in [1.54, 1.807) is 6.33 Å². The summed E-state index contributed by atoms with van der Waals surface area (Å²) < 4.78 is 3.95. The molecular weight excluding hydrogens is 330 g/mol. The number of aryl methyl sites for hydroxylation is 3. The summed E-state index contributed by atoms with van der Waals surface area (Å²) in [6, 6.07) is 2.10. The van der Waals surface area contributed by atoms with Crippen molar-refractivity contribution >= 4 is 5.91 Å². The molecule has 0 unspecified atom stereocenters. The van der Waals surface area contributed by atoms with Crippen LogP contribution >= 0.6 is 0 Å². The average molecular weight is 357 g/mol. The van der Waals surface area contributed by atoms with E-state index in [9.17, 15) is 4.79 Å². The van der Waals surface area contributed by atoms with Gasteiger partial charge in [-0.2, -0.15) is 10.2 Å². The number of amides is 1. The first-order valence-corrected chi connectivity index (χ1v) is 9.68. The Balaban J connectivity index is 1.36. The quantitative estimate of drug-likeness (QED) is 0.777. The van der Waals surface area contributed by atoms with E-state index in [0.29, 0.717) is 18.8 Å². The maximum absolute atomic E-state index is 12.5. The van der Waals surface area contributed by atoms with E-state index >= 15 is 0 Å². The summed E-state index contributed by atoms with van der Waals surface area (Å²) in [4.78, 5) is 16.9. The maximum Gasteiger partial charge on any atom is 0.220 e. The van der Waals surface area contributed by atoms with Crippen LogP contribution in [0.4, 0.5) is 0 Å². The number of nitrogens with zero attached hydrogens (tertiary/aromatic N) is 5. The molecule has 0 radical (unpaired) electrons. The van der Waals surface area contributed by atoms with E-state index in [-0.39, 0.29) is 11.9 Å². The van der Waals surface area contributed by atoms with Gasteiger partial charge in [-0.1, -0.05) is 0 Å². The van der Waals surface area contributed by atoms with Gasteiger partial charge in [-0.15, -0.1) is 0 Å². The van der Waals surface area contributed by atoms with Gasteiger partial charge in [-0.05, 0) is 44.7 Å². The lowest BCUT2D eigenvalue weighted by Crippen LogP contribution is -2.32. The van der Waals surface area contributed by atoms with Gasteiger partial charge >= 0.3 is 0 Å². The Kier molecular flexibility index (Phi) is 5.01. The average Bonchev–Trinajstić information content (AvgIpc) is 3.32. The molecule has 1 aliphatic carbocycles. The molecule has 1 atom stereocenters. The molecule has 0 bridgehead atoms. The lowest BCUT2D eigenvalue weighted by molar-refractivity contribution is -0.122. The summed E-state index contributed by atoms with van der Waals surface area (Å²) in [7, 11) is 0. The van der Waals surface area contributed by atoms with Crippen molar-refractivity contribution in [2.75, 3.05) is 6.54 Å². The zero-order chi connectivity index (χ0) is 17.9. The zero-order valence-corrected chi connectivity index (χ0v) is 15.3. The van der Waals surface area contributed by atoms with E-state index in [1.165, 1.54) is 5.69 Å². The van der Waals surface area contributed by atoms with Gasteiger partial charge in [0.25, 0.3) is 0 Å². The van der Waals surface area contributed by atoms with Crippen molar-refractivity contribution in [3.05, 3.63) is 29.6 Å². The standard InChI is InChI=1S/C18H27N7O/c1-2-24-18(20-12-21-24)17(13-4-5-13)22-16(26)7-6-14-10-15-11-19-8-3-9-25(15)23-14/h10,12-13,17,19H,2-9,11H2,1H3,(H,22,26)/t17-/m0/s1. The van der Waals surface area contributed by atoms with Crippen molar-refractivity contribution in [2.24, 2.45) is 5.92 Å². The highest BCUT2D eigenvalue weighted by Crippen LogP contribution is 2.40. The van der Waals surface area contributed by atoms with E-state index < -0.39 is 0 Å². The van der Waals surface area contributed by atoms with Crippen LogP contribution in [0, 0.1) is 5.92 Å². The molecule has 2 aromatic rings. The fourth-order valence-corrected chi connectivity index (χ4v) is 3.61. The predicted octanol–water partition coefficient (Wildman–Crippen LogP) is 1.19. The molecule has 8 heteroatoms. The number of rotatable bonds is 7. The van der Waals surface area contributed by atoms with Gasteiger partial charge < -0.3 is 10.6 Å². The summed E-state index contributed by atoms with van der Waals surface area (Å²) in [5, 5.41) is 15.5. The highest BCUT2D eigenvalue weighted by molar-refractivity contribution is 5.76. The van der Waals surface area contributed by atoms with Gasteiger partial charge in [0.2, 0.25) is 5.91 Å². The van der Waals surface area contributed by atoms with Crippen molar-refractivity contribution in [2.45, 2.75) is 64.7 Å². The molecule has 3 heterocycles. The normalized spacial score (nSPS) is 18.2. The zero-order valence-electron chi connectivity index (χ0n) is 15.3. The molecule has 26 heavy (non-hydrogen) atoms. The highest BCUT2D eigenvalue weighted by atomic mass is 16.1. The molecule has 2 N–H and O–H groups in total. The van der Waals surface area contributed by atoms with Crippen LogP contribution in [0.5, 0.6) is 0 Å². The Bertz CT molecular complexity index is 738. The van der Waals surface area contributed by atoms with Crippen LogP contribution in [0.2, 0.25) is 0 Å². The molecule has 1 aliphatic heterocycles. The van der Waals surface area contributed by atoms with E-state index in [0.717, 1.165) is 57.0 Å². The monoisotopic (exact) mass is 357 g/mol. The van der Waals surface area contributed by atoms with E-state index in [4.69, 9.17) is 0 Å². The summed E-state index contributed by atoms with van der Waals surface area (Å²) in [5.74, 6) is 1.43. The van der Waals surface area contributed by atoms with Crippen LogP contribution in [-0.4, -0.2) is 37.0 Å².